The van der Waals surface area contributed by atoms with E-state index >= 15 is 0 Å². The fourth-order valence-electron chi connectivity index (χ4n) is 8.90. The van der Waals surface area contributed by atoms with E-state index in [1.165, 1.54) is 13.5 Å². The summed E-state index contributed by atoms with van der Waals surface area (Å²) in [6.45, 7) is 21.0. The van der Waals surface area contributed by atoms with Gasteiger partial charge in [0.05, 0.1) is 37.3 Å². The van der Waals surface area contributed by atoms with E-state index in [1.54, 1.807) is 49.6 Å². The van der Waals surface area contributed by atoms with Crippen LogP contribution in [0.15, 0.2) is 24.3 Å². The van der Waals surface area contributed by atoms with E-state index in [1.807, 2.05) is 44.7 Å². The van der Waals surface area contributed by atoms with Gasteiger partial charge in [-0.1, -0.05) is 33.1 Å². The smallest absolute Gasteiger partial charge is 0.338 e. The van der Waals surface area contributed by atoms with Gasteiger partial charge in [0.1, 0.15) is 17.3 Å². The van der Waals surface area contributed by atoms with Gasteiger partial charge in [0.2, 0.25) is 0 Å². The van der Waals surface area contributed by atoms with Crippen LogP contribution in [-0.4, -0.2) is 96.9 Å². The van der Waals surface area contributed by atoms with Gasteiger partial charge in [0, 0.05) is 50.0 Å². The van der Waals surface area contributed by atoms with Gasteiger partial charge >= 0.3 is 5.97 Å². The number of carbonyl (C=O) groups excluding carboxylic acids is 5. The molecule has 3 amide bonds. The summed E-state index contributed by atoms with van der Waals surface area (Å²) in [6.07, 6.45) is 9.33. The molecule has 3 aliphatic heterocycles. The molecule has 3 heterocycles. The molecule has 13 heteroatoms. The number of hydrogen-bond acceptors (Lipinski definition) is 10. The minimum absolute atomic E-state index is 0.0237. The van der Waals surface area contributed by atoms with Crippen LogP contribution in [-0.2, 0) is 28.6 Å². The summed E-state index contributed by atoms with van der Waals surface area (Å²) in [6, 6.07) is 7.56. The summed E-state index contributed by atoms with van der Waals surface area (Å²) in [5.74, 6) is 0.143. The Balaban J connectivity index is 0.000000234. The maximum atomic E-state index is 13.8. The molecule has 2 fully saturated rings. The van der Waals surface area contributed by atoms with E-state index in [-0.39, 0.29) is 35.6 Å². The zero-order chi connectivity index (χ0) is 44.9. The van der Waals surface area contributed by atoms with Crippen molar-refractivity contribution in [2.75, 3.05) is 43.2 Å². The van der Waals surface area contributed by atoms with Gasteiger partial charge in [-0.15, -0.1) is 0 Å². The standard InChI is InChI=1S/C27H40N2O4.C21H29NO6/c1-7-21(30)14-11-15-28-23-17-22(19(4)16-24(23)33-27(5,6)26(28)32)25(31)29(18(2)3)20-12-9-8-10-13-20;1-6-21(26-10-11-27-21)8-7-9-22-16-13-15(18(23)25-5)14(2)12-17(16)28-20(3,4)19(22)24/h16-18,20H,7-15H2,1-6H3;12-13H,6-11H2,1-5H3. The maximum Gasteiger partial charge on any atom is 0.338 e. The number of carbonyl (C=O) groups is 5. The quantitative estimate of drug-likeness (QED) is 0.170. The second-order valence-electron chi connectivity index (χ2n) is 18.1. The highest BCUT2D eigenvalue weighted by Gasteiger charge is 2.44. The van der Waals surface area contributed by atoms with Crippen LogP contribution in [0.1, 0.15) is 158 Å². The lowest BCUT2D eigenvalue weighted by molar-refractivity contribution is -0.164. The number of rotatable bonds is 14. The Hall–Kier alpha value is -4.49. The molecule has 1 saturated carbocycles. The Labute approximate surface area is 362 Å². The lowest BCUT2D eigenvalue weighted by Crippen LogP contribution is -2.53. The number of aryl methyl sites for hydroxylation is 2. The van der Waals surface area contributed by atoms with Crippen molar-refractivity contribution in [2.24, 2.45) is 0 Å². The van der Waals surface area contributed by atoms with Gasteiger partial charge in [0.15, 0.2) is 17.0 Å². The highest BCUT2D eigenvalue weighted by atomic mass is 16.7. The predicted octanol–water partition coefficient (Wildman–Crippen LogP) is 8.66. The number of ether oxygens (including phenoxy) is 5. The Morgan fingerprint density at radius 2 is 1.30 bits per heavy atom. The molecule has 0 radical (unpaired) electrons. The van der Waals surface area contributed by atoms with Crippen molar-refractivity contribution in [3.63, 3.8) is 0 Å². The van der Waals surface area contributed by atoms with Gasteiger partial charge in [-0.25, -0.2) is 4.79 Å². The van der Waals surface area contributed by atoms with Gasteiger partial charge in [-0.05, 0) is 123 Å². The number of amides is 3. The van der Waals surface area contributed by atoms with Crippen molar-refractivity contribution in [3.05, 3.63) is 46.5 Å². The zero-order valence-electron chi connectivity index (χ0n) is 38.5. The Morgan fingerprint density at radius 3 is 1.79 bits per heavy atom. The number of Topliss-reactive ketones (excluding diaryl/α,β-unsaturated/α-hetero) is 1. The third-order valence-corrected chi connectivity index (χ3v) is 12.4. The summed E-state index contributed by atoms with van der Waals surface area (Å²) in [5, 5.41) is 0. The lowest BCUT2D eigenvalue weighted by Gasteiger charge is -2.40. The Kier molecular flexibility index (Phi) is 15.4. The van der Waals surface area contributed by atoms with E-state index in [9.17, 15) is 24.0 Å². The molecule has 0 N–H and O–H groups in total. The topological polar surface area (TPSA) is 141 Å². The van der Waals surface area contributed by atoms with Crippen LogP contribution >= 0.6 is 0 Å². The second-order valence-corrected chi connectivity index (χ2v) is 18.1. The highest BCUT2D eigenvalue weighted by Crippen LogP contribution is 2.42. The average Bonchev–Trinajstić information content (AvgIpc) is 3.69. The van der Waals surface area contributed by atoms with Crippen molar-refractivity contribution in [3.8, 4) is 11.5 Å². The molecule has 4 aliphatic rings. The highest BCUT2D eigenvalue weighted by molar-refractivity contribution is 6.05. The molecular weight excluding hydrogens is 779 g/mol. The Morgan fingerprint density at radius 1 is 0.787 bits per heavy atom. The number of anilines is 2. The van der Waals surface area contributed by atoms with Gasteiger partial charge in [0.25, 0.3) is 17.7 Å². The largest absolute Gasteiger partial charge is 0.476 e. The average molecular weight is 848 g/mol. The van der Waals surface area contributed by atoms with Crippen LogP contribution in [0.3, 0.4) is 0 Å². The first-order chi connectivity index (χ1) is 28.8. The third kappa shape index (κ3) is 10.6. The lowest BCUT2D eigenvalue weighted by atomic mass is 9.92. The molecule has 2 aromatic carbocycles. The van der Waals surface area contributed by atoms with E-state index in [0.717, 1.165) is 43.2 Å². The first-order valence-electron chi connectivity index (χ1n) is 22.3. The normalized spacial score (nSPS) is 19.0. The van der Waals surface area contributed by atoms with Crippen molar-refractivity contribution >= 4 is 40.8 Å². The number of esters is 1. The van der Waals surface area contributed by atoms with Crippen molar-refractivity contribution < 1.29 is 47.7 Å². The minimum atomic E-state index is -0.994. The van der Waals surface area contributed by atoms with Crippen LogP contribution < -0.4 is 19.3 Å². The molecule has 0 aromatic heterocycles. The molecular formula is C48H69N3O10. The van der Waals surface area contributed by atoms with E-state index < -0.39 is 23.0 Å². The fraction of sp³-hybridized carbons (Fsp3) is 0.646. The molecule has 6 rings (SSSR count). The molecule has 0 unspecified atom stereocenters. The van der Waals surface area contributed by atoms with Crippen LogP contribution in [0.4, 0.5) is 11.4 Å². The number of ketones is 1. The van der Waals surface area contributed by atoms with Gasteiger partial charge < -0.3 is 38.4 Å². The summed E-state index contributed by atoms with van der Waals surface area (Å²) < 4.78 is 28.4. The number of hydrogen-bond donors (Lipinski definition) is 0. The SMILES string of the molecule is CCC(=O)CCCN1C(=O)C(C)(C)Oc2cc(C)c(C(=O)N(C(C)C)C3CCCCC3)cc21.CCC1(CCCN2C(=O)C(C)(C)Oc3cc(C)c(C(=O)OC)cc32)OCCO1. The van der Waals surface area contributed by atoms with E-state index in [0.29, 0.717) is 92.4 Å². The first-order valence-corrected chi connectivity index (χ1v) is 22.3. The van der Waals surface area contributed by atoms with Crippen LogP contribution in [0.2, 0.25) is 0 Å². The Bertz CT molecular complexity index is 1940. The molecule has 2 aromatic rings. The van der Waals surface area contributed by atoms with Crippen molar-refractivity contribution in [1.82, 2.24) is 4.90 Å². The summed E-state index contributed by atoms with van der Waals surface area (Å²) in [4.78, 5) is 69.4. The number of fused-ring (bicyclic) bond motifs is 2. The molecule has 1 saturated heterocycles. The fourth-order valence-corrected chi connectivity index (χ4v) is 8.90. The number of nitrogens with zero attached hydrogens (tertiary/aromatic N) is 3. The summed E-state index contributed by atoms with van der Waals surface area (Å²) in [5.41, 5.74) is 1.90. The van der Waals surface area contributed by atoms with Crippen molar-refractivity contribution in [2.45, 2.75) is 169 Å². The van der Waals surface area contributed by atoms with Crippen LogP contribution in [0, 0.1) is 13.8 Å². The molecule has 13 nitrogen and oxygen atoms in total. The molecule has 0 bridgehead atoms. The van der Waals surface area contributed by atoms with E-state index in [2.05, 4.69) is 13.8 Å². The maximum absolute atomic E-state index is 13.8. The molecule has 61 heavy (non-hydrogen) atoms. The monoisotopic (exact) mass is 847 g/mol. The van der Waals surface area contributed by atoms with Crippen molar-refractivity contribution in [1.29, 1.82) is 0 Å². The zero-order valence-corrected chi connectivity index (χ0v) is 38.5. The van der Waals surface area contributed by atoms with Gasteiger partial charge in [-0.3, -0.25) is 19.2 Å². The predicted molar refractivity (Wildman–Crippen MR) is 235 cm³/mol. The first kappa shape index (κ1) is 47.6. The van der Waals surface area contributed by atoms with Crippen LogP contribution in [0.5, 0.6) is 11.5 Å². The van der Waals surface area contributed by atoms with E-state index in [4.69, 9.17) is 23.7 Å². The summed E-state index contributed by atoms with van der Waals surface area (Å²) in [7, 11) is 1.34. The van der Waals surface area contributed by atoms with Gasteiger partial charge in [-0.2, -0.15) is 0 Å². The third-order valence-electron chi connectivity index (χ3n) is 12.4. The molecule has 0 atom stereocenters. The van der Waals surface area contributed by atoms with Crippen LogP contribution in [0.25, 0.3) is 0 Å². The number of benzene rings is 2. The summed E-state index contributed by atoms with van der Waals surface area (Å²) >= 11 is 0. The molecule has 0 spiro atoms. The molecule has 1 aliphatic carbocycles. The minimum Gasteiger partial charge on any atom is -0.476 e. The number of methoxy groups -OCH3 is 1. The second kappa shape index (κ2) is 19.7. The molecule has 336 valence electrons.